The van der Waals surface area contributed by atoms with Gasteiger partial charge in [-0.05, 0) is 32.1 Å². The minimum atomic E-state index is -4.38. The van der Waals surface area contributed by atoms with E-state index in [1.165, 1.54) is 6.42 Å². The molecule has 2 saturated heterocycles. The Morgan fingerprint density at radius 1 is 1.33 bits per heavy atom. The lowest BCUT2D eigenvalue weighted by molar-refractivity contribution is -0.140. The van der Waals surface area contributed by atoms with Crippen molar-refractivity contribution in [1.82, 2.24) is 15.2 Å². The minimum Gasteiger partial charge on any atom is -0.376 e. The highest BCUT2D eigenvalue weighted by Crippen LogP contribution is 2.30. The Labute approximate surface area is 196 Å². The van der Waals surface area contributed by atoms with Crippen LogP contribution in [0.3, 0.4) is 0 Å². The van der Waals surface area contributed by atoms with E-state index in [-0.39, 0.29) is 36.2 Å². The van der Waals surface area contributed by atoms with Gasteiger partial charge >= 0.3 is 6.18 Å². The summed E-state index contributed by atoms with van der Waals surface area (Å²) in [5.41, 5.74) is -0.817. The third-order valence-corrected chi connectivity index (χ3v) is 6.12. The maximum absolute atomic E-state index is 12.6. The number of rotatable bonds is 6. The molecule has 0 aliphatic carbocycles. The van der Waals surface area contributed by atoms with E-state index in [4.69, 9.17) is 9.47 Å². The number of piperidine rings is 1. The number of hydrogen-bond donors (Lipinski definition) is 1. The van der Waals surface area contributed by atoms with Crippen LogP contribution in [0.1, 0.15) is 42.8 Å². The minimum absolute atomic E-state index is 0. The van der Waals surface area contributed by atoms with E-state index in [0.717, 1.165) is 68.1 Å². The van der Waals surface area contributed by atoms with E-state index in [2.05, 4.69) is 20.2 Å². The SMILES string of the molecule is CN=C(NCCc1nc(C(F)(F)F)cs1)N1CCC(OCC2CCCCO2)CC1.I. The van der Waals surface area contributed by atoms with Crippen molar-refractivity contribution in [2.24, 2.45) is 4.99 Å². The van der Waals surface area contributed by atoms with Gasteiger partial charge in [0.05, 0.1) is 23.8 Å². The first kappa shape index (κ1) is 25.6. The van der Waals surface area contributed by atoms with Crippen LogP contribution >= 0.6 is 35.3 Å². The number of alkyl halides is 3. The second-order valence-corrected chi connectivity index (χ2v) is 8.30. The summed E-state index contributed by atoms with van der Waals surface area (Å²) in [6.45, 7) is 3.68. The van der Waals surface area contributed by atoms with Gasteiger partial charge in [0.2, 0.25) is 0 Å². The molecule has 3 heterocycles. The van der Waals surface area contributed by atoms with Gasteiger partial charge in [-0.2, -0.15) is 13.2 Å². The number of halogens is 4. The first-order chi connectivity index (χ1) is 14.0. The van der Waals surface area contributed by atoms with Gasteiger partial charge in [-0.1, -0.05) is 0 Å². The van der Waals surface area contributed by atoms with Crippen LogP contribution < -0.4 is 5.32 Å². The van der Waals surface area contributed by atoms with Crippen LogP contribution in [0, 0.1) is 0 Å². The Balaban J connectivity index is 0.00000320. The molecule has 172 valence electrons. The summed E-state index contributed by atoms with van der Waals surface area (Å²) in [6, 6.07) is 0. The summed E-state index contributed by atoms with van der Waals surface area (Å²) >= 11 is 1.04. The molecule has 1 atom stereocenters. The molecule has 6 nitrogen and oxygen atoms in total. The topological polar surface area (TPSA) is 59.0 Å². The number of hydrogen-bond acceptors (Lipinski definition) is 5. The van der Waals surface area contributed by atoms with Crippen molar-refractivity contribution in [3.05, 3.63) is 16.1 Å². The summed E-state index contributed by atoms with van der Waals surface area (Å²) in [5, 5.41) is 4.77. The first-order valence-corrected chi connectivity index (χ1v) is 11.0. The van der Waals surface area contributed by atoms with E-state index in [9.17, 15) is 13.2 Å². The smallest absolute Gasteiger partial charge is 0.376 e. The van der Waals surface area contributed by atoms with Crippen LogP contribution in [0.25, 0.3) is 0 Å². The molecule has 0 amide bonds. The molecule has 2 aliphatic heterocycles. The second-order valence-electron chi connectivity index (χ2n) is 7.36. The van der Waals surface area contributed by atoms with Gasteiger partial charge in [-0.15, -0.1) is 35.3 Å². The molecule has 0 aromatic carbocycles. The highest BCUT2D eigenvalue weighted by molar-refractivity contribution is 14.0. The van der Waals surface area contributed by atoms with Crippen molar-refractivity contribution in [3.63, 3.8) is 0 Å². The number of aliphatic imine (C=N–C) groups is 1. The Hall–Kier alpha value is -0.660. The maximum Gasteiger partial charge on any atom is 0.434 e. The zero-order valence-electron chi connectivity index (χ0n) is 17.1. The van der Waals surface area contributed by atoms with Crippen molar-refractivity contribution >= 4 is 41.3 Å². The molecule has 0 radical (unpaired) electrons. The predicted octanol–water partition coefficient (Wildman–Crippen LogP) is 3.95. The van der Waals surface area contributed by atoms with Gasteiger partial charge in [0.15, 0.2) is 11.7 Å². The van der Waals surface area contributed by atoms with Crippen LogP contribution in [-0.4, -0.2) is 67.9 Å². The Bertz CT molecular complexity index is 660. The number of ether oxygens (including phenoxy) is 2. The lowest BCUT2D eigenvalue weighted by Gasteiger charge is -2.35. The van der Waals surface area contributed by atoms with Crippen molar-refractivity contribution in [1.29, 1.82) is 0 Å². The molecule has 11 heteroatoms. The fourth-order valence-electron chi connectivity index (χ4n) is 3.59. The van der Waals surface area contributed by atoms with Crippen molar-refractivity contribution in [2.75, 3.05) is 39.9 Å². The van der Waals surface area contributed by atoms with E-state index in [1.807, 2.05) is 0 Å². The lowest BCUT2D eigenvalue weighted by Crippen LogP contribution is -2.47. The zero-order valence-corrected chi connectivity index (χ0v) is 20.3. The number of thiazole rings is 1. The molecular formula is C19H30F3IN4O2S. The molecule has 0 bridgehead atoms. The molecule has 0 spiro atoms. The predicted molar refractivity (Wildman–Crippen MR) is 122 cm³/mol. The monoisotopic (exact) mass is 562 g/mol. The number of nitrogens with one attached hydrogen (secondary N) is 1. The molecule has 3 rings (SSSR count). The van der Waals surface area contributed by atoms with E-state index in [0.29, 0.717) is 24.6 Å². The second kappa shape index (κ2) is 12.4. The molecule has 1 aromatic heterocycles. The molecule has 1 unspecified atom stereocenters. The Kier molecular flexibility index (Phi) is 10.6. The molecule has 2 fully saturated rings. The van der Waals surface area contributed by atoms with Gasteiger partial charge in [-0.25, -0.2) is 4.98 Å². The lowest BCUT2D eigenvalue weighted by atomic mass is 10.1. The van der Waals surface area contributed by atoms with Gasteiger partial charge in [0, 0.05) is 45.1 Å². The van der Waals surface area contributed by atoms with E-state index >= 15 is 0 Å². The number of likely N-dealkylation sites (tertiary alicyclic amines) is 1. The molecule has 0 saturated carbocycles. The normalized spacial score (nSPS) is 21.4. The largest absolute Gasteiger partial charge is 0.434 e. The molecule has 2 aliphatic rings. The standard InChI is InChI=1S/C19H29F3N4O2S.HI/c1-23-18(24-8-5-17-25-16(13-29-17)19(20,21)22)26-9-6-14(7-10-26)28-12-15-4-2-3-11-27-15;/h13-15H,2-12H2,1H3,(H,23,24);1H. The van der Waals surface area contributed by atoms with Gasteiger partial charge in [0.25, 0.3) is 0 Å². The highest BCUT2D eigenvalue weighted by Gasteiger charge is 2.33. The van der Waals surface area contributed by atoms with Crippen LogP contribution in [0.4, 0.5) is 13.2 Å². The summed E-state index contributed by atoms with van der Waals surface area (Å²) in [6.07, 6.45) is 1.82. The Morgan fingerprint density at radius 3 is 2.70 bits per heavy atom. The molecule has 1 N–H and O–H groups in total. The fourth-order valence-corrected chi connectivity index (χ4v) is 4.39. The van der Waals surface area contributed by atoms with Gasteiger partial charge in [-0.3, -0.25) is 4.99 Å². The van der Waals surface area contributed by atoms with Crippen LogP contribution in [-0.2, 0) is 22.1 Å². The molecule has 30 heavy (non-hydrogen) atoms. The third-order valence-electron chi connectivity index (χ3n) is 5.21. The highest BCUT2D eigenvalue weighted by atomic mass is 127. The van der Waals surface area contributed by atoms with E-state index < -0.39 is 11.9 Å². The summed E-state index contributed by atoms with van der Waals surface area (Å²) < 4.78 is 49.6. The van der Waals surface area contributed by atoms with E-state index in [1.54, 1.807) is 7.05 Å². The number of guanidine groups is 1. The maximum atomic E-state index is 12.6. The van der Waals surface area contributed by atoms with Gasteiger partial charge < -0.3 is 19.7 Å². The van der Waals surface area contributed by atoms with Crippen LogP contribution in [0.15, 0.2) is 10.4 Å². The van der Waals surface area contributed by atoms with Crippen LogP contribution in [0.2, 0.25) is 0 Å². The molecular weight excluding hydrogens is 532 g/mol. The quantitative estimate of drug-likeness (QED) is 0.324. The zero-order chi connectivity index (χ0) is 20.7. The summed E-state index contributed by atoms with van der Waals surface area (Å²) in [4.78, 5) is 10.1. The number of aromatic nitrogens is 1. The first-order valence-electron chi connectivity index (χ1n) is 10.2. The average molecular weight is 562 g/mol. The van der Waals surface area contributed by atoms with Crippen LogP contribution in [0.5, 0.6) is 0 Å². The average Bonchev–Trinajstić information content (AvgIpc) is 3.21. The van der Waals surface area contributed by atoms with Crippen molar-refractivity contribution in [2.45, 2.75) is 56.9 Å². The van der Waals surface area contributed by atoms with Crippen molar-refractivity contribution < 1.29 is 22.6 Å². The van der Waals surface area contributed by atoms with Crippen molar-refractivity contribution in [3.8, 4) is 0 Å². The summed E-state index contributed by atoms with van der Waals surface area (Å²) in [5.74, 6) is 0.770. The number of nitrogens with zero attached hydrogens (tertiary/aromatic N) is 3. The van der Waals surface area contributed by atoms with Gasteiger partial charge in [0.1, 0.15) is 0 Å². The Morgan fingerprint density at radius 2 is 2.10 bits per heavy atom. The summed E-state index contributed by atoms with van der Waals surface area (Å²) in [7, 11) is 1.72. The third kappa shape index (κ3) is 7.79. The fraction of sp³-hybridized carbons (Fsp3) is 0.789. The molecule has 1 aromatic rings.